The van der Waals surface area contributed by atoms with E-state index in [-0.39, 0.29) is 6.04 Å². The summed E-state index contributed by atoms with van der Waals surface area (Å²) in [5, 5.41) is 9.23. The Bertz CT molecular complexity index is 336. The minimum atomic E-state index is -1.50. The highest BCUT2D eigenvalue weighted by molar-refractivity contribution is 7.82. The minimum absolute atomic E-state index is 0.206. The molecule has 0 bridgehead atoms. The highest BCUT2D eigenvalue weighted by Gasteiger charge is 2.25. The Kier molecular flexibility index (Phi) is 1.66. The molecule has 0 aromatic carbocycles. The van der Waals surface area contributed by atoms with Crippen LogP contribution in [-0.2, 0) is 11.0 Å². The number of rotatable bonds is 1. The fraction of sp³-hybridized carbons (Fsp3) is 0.500. The van der Waals surface area contributed by atoms with Gasteiger partial charge in [0.1, 0.15) is 22.5 Å². The van der Waals surface area contributed by atoms with Crippen molar-refractivity contribution in [3.8, 4) is 5.88 Å². The number of hydrogen-bond donors (Lipinski definition) is 1. The van der Waals surface area contributed by atoms with Crippen molar-refractivity contribution < 1.29 is 8.95 Å². The summed E-state index contributed by atoms with van der Waals surface area (Å²) in [7, 11) is -1.50. The van der Waals surface area contributed by atoms with Gasteiger partial charge in [0.25, 0.3) is 0 Å². The summed E-state index contributed by atoms with van der Waals surface area (Å²) in [6.45, 7) is 2.56. The number of ether oxygens (including phenoxy) is 1. The zero-order chi connectivity index (χ0) is 8.72. The highest BCUT2D eigenvalue weighted by atomic mass is 32.2. The molecule has 0 amide bonds. The van der Waals surface area contributed by atoms with Gasteiger partial charge < -0.3 is 4.74 Å². The molecule has 1 aromatic rings. The van der Waals surface area contributed by atoms with Gasteiger partial charge in [-0.25, -0.2) is 14.0 Å². The largest absolute Gasteiger partial charge is 0.475 e. The van der Waals surface area contributed by atoms with Crippen LogP contribution in [0.2, 0.25) is 0 Å². The molecule has 1 aliphatic heterocycles. The summed E-state index contributed by atoms with van der Waals surface area (Å²) in [5.74, 6) is 0.545. The van der Waals surface area contributed by atoms with Crippen molar-refractivity contribution in [1.82, 2.24) is 9.78 Å². The van der Waals surface area contributed by atoms with E-state index in [1.165, 1.54) is 6.20 Å². The Balaban J connectivity index is 2.49. The van der Waals surface area contributed by atoms with Gasteiger partial charge in [0.2, 0.25) is 5.88 Å². The number of fused-ring (bicyclic) bond motifs is 1. The van der Waals surface area contributed by atoms with Gasteiger partial charge in [-0.1, -0.05) is 0 Å². The average molecular weight is 187 g/mol. The van der Waals surface area contributed by atoms with Crippen molar-refractivity contribution in [1.29, 1.82) is 0 Å². The van der Waals surface area contributed by atoms with Gasteiger partial charge in [-0.3, -0.25) is 0 Å². The van der Waals surface area contributed by atoms with E-state index in [0.29, 0.717) is 17.4 Å². The Morgan fingerprint density at radius 2 is 2.67 bits per heavy atom. The monoisotopic (exact) mass is 187 g/mol. The molecule has 12 heavy (non-hydrogen) atoms. The second-order valence-electron chi connectivity index (χ2n) is 2.72. The molecule has 2 rings (SSSR count). The summed E-state index contributed by atoms with van der Waals surface area (Å²) in [5.41, 5.74) is 0. The molecule has 1 aliphatic rings. The summed E-state index contributed by atoms with van der Waals surface area (Å²) >= 11 is 0. The normalized spacial score (nSPS) is 23.3. The lowest BCUT2D eigenvalue weighted by Crippen LogP contribution is -2.03. The van der Waals surface area contributed by atoms with Crippen LogP contribution in [0.3, 0.4) is 0 Å². The number of hydrogen-bond acceptors (Lipinski definition) is 3. The van der Waals surface area contributed by atoms with Gasteiger partial charge in [0, 0.05) is 0 Å². The van der Waals surface area contributed by atoms with Gasteiger partial charge in [-0.2, -0.15) is 5.10 Å². The van der Waals surface area contributed by atoms with E-state index in [9.17, 15) is 4.21 Å². The highest BCUT2D eigenvalue weighted by Crippen LogP contribution is 2.29. The summed E-state index contributed by atoms with van der Waals surface area (Å²) < 4.78 is 17.9. The zero-order valence-corrected chi connectivity index (χ0v) is 7.37. The maximum absolute atomic E-state index is 10.9. The number of nitrogens with zero attached hydrogens (tertiary/aromatic N) is 2. The maximum Gasteiger partial charge on any atom is 0.230 e. The number of aromatic nitrogens is 2. The third-order valence-electron chi connectivity index (χ3n) is 1.81. The van der Waals surface area contributed by atoms with Crippen LogP contribution < -0.4 is 9.88 Å². The van der Waals surface area contributed by atoms with Crippen molar-refractivity contribution >= 4 is 11.0 Å². The van der Waals surface area contributed by atoms with Crippen LogP contribution in [-0.4, -0.2) is 20.6 Å². The second-order valence-corrected chi connectivity index (χ2v) is 3.75. The smallest absolute Gasteiger partial charge is 0.230 e. The lowest BCUT2D eigenvalue weighted by Gasteiger charge is -1.96. The summed E-state index contributed by atoms with van der Waals surface area (Å²) in [4.78, 5) is 0.472. The topological polar surface area (TPSA) is 70.1 Å². The first-order chi connectivity index (χ1) is 5.70. The summed E-state index contributed by atoms with van der Waals surface area (Å²) in [6.07, 6.45) is 1.49. The van der Waals surface area contributed by atoms with Crippen LogP contribution in [0.1, 0.15) is 13.0 Å². The second kappa shape index (κ2) is 2.56. The van der Waals surface area contributed by atoms with E-state index in [0.717, 1.165) is 0 Å². The average Bonchev–Trinajstić information content (AvgIpc) is 2.53. The quantitative estimate of drug-likeness (QED) is 0.663. The van der Waals surface area contributed by atoms with Crippen molar-refractivity contribution in [2.24, 2.45) is 5.14 Å². The Morgan fingerprint density at radius 3 is 3.33 bits per heavy atom. The first kappa shape index (κ1) is 7.75. The van der Waals surface area contributed by atoms with E-state index in [4.69, 9.17) is 9.88 Å². The molecule has 2 heterocycles. The Hall–Kier alpha value is -0.880. The van der Waals surface area contributed by atoms with Crippen LogP contribution in [0.15, 0.2) is 11.1 Å². The minimum Gasteiger partial charge on any atom is -0.475 e. The fourth-order valence-corrected chi connectivity index (χ4v) is 1.67. The lowest BCUT2D eigenvalue weighted by molar-refractivity contribution is 0.327. The van der Waals surface area contributed by atoms with Gasteiger partial charge in [0.05, 0.1) is 12.2 Å². The van der Waals surface area contributed by atoms with E-state index in [1.807, 2.05) is 6.92 Å². The van der Waals surface area contributed by atoms with Gasteiger partial charge in [-0.15, -0.1) is 0 Å². The van der Waals surface area contributed by atoms with Crippen LogP contribution >= 0.6 is 0 Å². The van der Waals surface area contributed by atoms with E-state index < -0.39 is 11.0 Å². The van der Waals surface area contributed by atoms with Gasteiger partial charge in [0.15, 0.2) is 0 Å². The predicted molar refractivity (Wildman–Crippen MR) is 43.0 cm³/mol. The molecule has 0 fully saturated rings. The Morgan fingerprint density at radius 1 is 1.92 bits per heavy atom. The van der Waals surface area contributed by atoms with Crippen molar-refractivity contribution in [2.75, 3.05) is 6.61 Å². The fourth-order valence-electron chi connectivity index (χ4n) is 1.19. The first-order valence-electron chi connectivity index (χ1n) is 3.56. The molecule has 0 spiro atoms. The molecule has 2 unspecified atom stereocenters. The molecule has 1 aromatic heterocycles. The molecular formula is C6H9N3O2S. The molecule has 6 heteroatoms. The SMILES string of the molecule is CC1COc2c(S(N)=O)cnn21. The number of nitrogens with two attached hydrogens (primary N) is 1. The van der Waals surface area contributed by atoms with E-state index in [2.05, 4.69) is 5.10 Å². The van der Waals surface area contributed by atoms with Crippen LogP contribution in [0, 0.1) is 0 Å². The van der Waals surface area contributed by atoms with E-state index in [1.54, 1.807) is 4.68 Å². The zero-order valence-electron chi connectivity index (χ0n) is 6.56. The van der Waals surface area contributed by atoms with E-state index >= 15 is 0 Å². The Labute approximate surface area is 72.1 Å². The van der Waals surface area contributed by atoms with Crippen molar-refractivity contribution in [3.63, 3.8) is 0 Å². The van der Waals surface area contributed by atoms with Crippen LogP contribution in [0.25, 0.3) is 0 Å². The lowest BCUT2D eigenvalue weighted by atomic mass is 10.4. The van der Waals surface area contributed by atoms with Crippen molar-refractivity contribution in [3.05, 3.63) is 6.20 Å². The molecule has 2 atom stereocenters. The molecule has 0 saturated heterocycles. The van der Waals surface area contributed by atoms with Crippen molar-refractivity contribution in [2.45, 2.75) is 17.9 Å². The van der Waals surface area contributed by atoms with Gasteiger partial charge >= 0.3 is 0 Å². The summed E-state index contributed by atoms with van der Waals surface area (Å²) in [6, 6.07) is 0.206. The molecule has 5 nitrogen and oxygen atoms in total. The van der Waals surface area contributed by atoms with Crippen LogP contribution in [0.4, 0.5) is 0 Å². The van der Waals surface area contributed by atoms with Gasteiger partial charge in [-0.05, 0) is 6.92 Å². The first-order valence-corrected chi connectivity index (χ1v) is 4.78. The third kappa shape index (κ3) is 0.953. The molecule has 2 N–H and O–H groups in total. The third-order valence-corrected chi connectivity index (χ3v) is 2.53. The molecule has 0 aliphatic carbocycles. The predicted octanol–water partition coefficient (Wildman–Crippen LogP) is -0.182. The molecule has 0 radical (unpaired) electrons. The maximum atomic E-state index is 10.9. The molecule has 66 valence electrons. The molecular weight excluding hydrogens is 178 g/mol. The molecule has 0 saturated carbocycles. The standard InChI is InChI=1S/C6H9N3O2S/c1-4-3-11-6-5(12(7)10)2-8-9(4)6/h2,4H,3,7H2,1H3. The van der Waals surface area contributed by atoms with Crippen LogP contribution in [0.5, 0.6) is 5.88 Å².